The number of hydrogen-bond donors (Lipinski definition) is 1. The summed E-state index contributed by atoms with van der Waals surface area (Å²) in [5.41, 5.74) is 0. The Morgan fingerprint density at radius 2 is 0.615 bits per heavy atom. The molecule has 0 rings (SSSR count). The first kappa shape index (κ1) is 38.2. The van der Waals surface area contributed by atoms with E-state index in [4.69, 9.17) is 5.11 Å². The van der Waals surface area contributed by atoms with Gasteiger partial charge in [-0.2, -0.15) is 0 Å². The molecule has 0 aliphatic rings. The van der Waals surface area contributed by atoms with E-state index in [1.165, 1.54) is 193 Å². The summed E-state index contributed by atoms with van der Waals surface area (Å²) in [5, 5.41) is 8.63. The van der Waals surface area contributed by atoms with Crippen LogP contribution in [0.1, 0.15) is 219 Å². The van der Waals surface area contributed by atoms with Gasteiger partial charge in [0.1, 0.15) is 0 Å². The molecule has 1 N–H and O–H groups in total. The Balaban J connectivity index is 3.08. The van der Waals surface area contributed by atoms with Crippen molar-refractivity contribution in [3.8, 4) is 0 Å². The van der Waals surface area contributed by atoms with Crippen LogP contribution in [0.15, 0.2) is 12.2 Å². The van der Waals surface area contributed by atoms with Crippen LogP contribution >= 0.6 is 0 Å². The van der Waals surface area contributed by atoms with E-state index >= 15 is 0 Å². The Hall–Kier alpha value is -0.790. The first-order valence-corrected chi connectivity index (χ1v) is 18.1. The SMILES string of the molecule is CCCCCCCCCCCCC/C=C/CCCCCCCCCCCCCCCCCCCCCC(=O)O. The maximum absolute atomic E-state index is 10.5. The van der Waals surface area contributed by atoms with Crippen LogP contribution in [0.3, 0.4) is 0 Å². The Morgan fingerprint density at radius 1 is 0.385 bits per heavy atom. The van der Waals surface area contributed by atoms with Crippen molar-refractivity contribution in [1.29, 1.82) is 0 Å². The second kappa shape index (κ2) is 35.2. The van der Waals surface area contributed by atoms with Crippen LogP contribution in [0.25, 0.3) is 0 Å². The molecular weight excluding hydrogens is 476 g/mol. The zero-order valence-electron chi connectivity index (χ0n) is 26.8. The molecule has 0 spiro atoms. The molecule has 0 aromatic rings. The third-order valence-electron chi connectivity index (χ3n) is 8.40. The number of carboxylic acids is 1. The van der Waals surface area contributed by atoms with Gasteiger partial charge < -0.3 is 5.11 Å². The molecule has 0 aromatic heterocycles. The third-order valence-corrected chi connectivity index (χ3v) is 8.40. The molecule has 0 bridgehead atoms. The summed E-state index contributed by atoms with van der Waals surface area (Å²) in [5.74, 6) is -0.649. The van der Waals surface area contributed by atoms with Gasteiger partial charge in [-0.1, -0.05) is 192 Å². The summed E-state index contributed by atoms with van der Waals surface area (Å²) < 4.78 is 0. The highest BCUT2D eigenvalue weighted by Gasteiger charge is 1.98. The van der Waals surface area contributed by atoms with Crippen molar-refractivity contribution in [2.24, 2.45) is 0 Å². The van der Waals surface area contributed by atoms with Crippen molar-refractivity contribution < 1.29 is 9.90 Å². The van der Waals surface area contributed by atoms with E-state index in [1.807, 2.05) is 0 Å². The van der Waals surface area contributed by atoms with Gasteiger partial charge in [0.2, 0.25) is 0 Å². The van der Waals surface area contributed by atoms with E-state index in [9.17, 15) is 4.79 Å². The van der Waals surface area contributed by atoms with Gasteiger partial charge in [0, 0.05) is 6.42 Å². The molecule has 0 aliphatic heterocycles. The molecule has 0 amide bonds. The van der Waals surface area contributed by atoms with Crippen LogP contribution in [-0.2, 0) is 4.79 Å². The lowest BCUT2D eigenvalue weighted by Crippen LogP contribution is -1.93. The largest absolute Gasteiger partial charge is 0.481 e. The van der Waals surface area contributed by atoms with Gasteiger partial charge in [0.15, 0.2) is 0 Å². The molecule has 0 saturated carbocycles. The summed E-state index contributed by atoms with van der Waals surface area (Å²) >= 11 is 0. The zero-order valence-corrected chi connectivity index (χ0v) is 26.8. The van der Waals surface area contributed by atoms with Gasteiger partial charge in [0.25, 0.3) is 0 Å². The van der Waals surface area contributed by atoms with Crippen molar-refractivity contribution in [3.05, 3.63) is 12.2 Å². The fourth-order valence-corrected chi connectivity index (χ4v) is 5.71. The van der Waals surface area contributed by atoms with Crippen molar-refractivity contribution >= 4 is 5.97 Å². The summed E-state index contributed by atoms with van der Waals surface area (Å²) in [6.45, 7) is 2.30. The van der Waals surface area contributed by atoms with Crippen LogP contribution in [0.5, 0.6) is 0 Å². The van der Waals surface area contributed by atoms with Crippen LogP contribution in [0.4, 0.5) is 0 Å². The highest BCUT2D eigenvalue weighted by atomic mass is 16.4. The van der Waals surface area contributed by atoms with E-state index in [2.05, 4.69) is 19.1 Å². The smallest absolute Gasteiger partial charge is 0.303 e. The van der Waals surface area contributed by atoms with Crippen molar-refractivity contribution in [2.75, 3.05) is 0 Å². The highest BCUT2D eigenvalue weighted by Crippen LogP contribution is 2.16. The Kier molecular flexibility index (Phi) is 34.5. The van der Waals surface area contributed by atoms with Gasteiger partial charge in [0.05, 0.1) is 0 Å². The topological polar surface area (TPSA) is 37.3 Å². The molecule has 0 saturated heterocycles. The summed E-state index contributed by atoms with van der Waals surface area (Å²) in [4.78, 5) is 10.5. The number of carbonyl (C=O) groups is 1. The first-order chi connectivity index (χ1) is 19.3. The van der Waals surface area contributed by atoms with Crippen LogP contribution in [-0.4, -0.2) is 11.1 Å². The molecule has 0 heterocycles. The van der Waals surface area contributed by atoms with Crippen molar-refractivity contribution in [3.63, 3.8) is 0 Å². The maximum Gasteiger partial charge on any atom is 0.303 e. The van der Waals surface area contributed by atoms with Crippen LogP contribution in [0.2, 0.25) is 0 Å². The monoisotopic (exact) mass is 549 g/mol. The van der Waals surface area contributed by atoms with Gasteiger partial charge in [-0.25, -0.2) is 0 Å². The third kappa shape index (κ3) is 37.2. The quantitative estimate of drug-likeness (QED) is 0.0641. The normalized spacial score (nSPS) is 11.6. The van der Waals surface area contributed by atoms with Crippen molar-refractivity contribution in [2.45, 2.75) is 219 Å². The number of unbranched alkanes of at least 4 members (excludes halogenated alkanes) is 30. The molecule has 2 nitrogen and oxygen atoms in total. The van der Waals surface area contributed by atoms with Crippen molar-refractivity contribution in [1.82, 2.24) is 0 Å². The van der Waals surface area contributed by atoms with Gasteiger partial charge in [-0.3, -0.25) is 4.79 Å². The average molecular weight is 549 g/mol. The predicted molar refractivity (Wildman–Crippen MR) is 175 cm³/mol. The van der Waals surface area contributed by atoms with E-state index in [1.54, 1.807) is 0 Å². The summed E-state index contributed by atoms with van der Waals surface area (Å²) in [6, 6.07) is 0. The molecule has 0 aromatic carbocycles. The first-order valence-electron chi connectivity index (χ1n) is 18.1. The van der Waals surface area contributed by atoms with E-state index in [0.717, 1.165) is 12.8 Å². The van der Waals surface area contributed by atoms with Crippen LogP contribution in [0, 0.1) is 0 Å². The standard InChI is InChI=1S/C37H72O2/c1-2-3-4-5-6-7-8-9-10-11-12-13-14-15-16-17-18-19-20-21-22-23-24-25-26-27-28-29-30-31-32-33-34-35-36-37(38)39/h14-15H,2-13,16-36H2,1H3,(H,38,39)/b15-14+. The lowest BCUT2D eigenvalue weighted by molar-refractivity contribution is -0.137. The molecule has 0 atom stereocenters. The fourth-order valence-electron chi connectivity index (χ4n) is 5.71. The van der Waals surface area contributed by atoms with E-state index in [0.29, 0.717) is 6.42 Å². The summed E-state index contributed by atoms with van der Waals surface area (Å²) in [6.07, 6.45) is 49.4. The maximum atomic E-state index is 10.5. The minimum absolute atomic E-state index is 0.345. The number of carboxylic acid groups (broad SMARTS) is 1. The lowest BCUT2D eigenvalue weighted by atomic mass is 10.0. The van der Waals surface area contributed by atoms with Gasteiger partial charge in [-0.15, -0.1) is 0 Å². The van der Waals surface area contributed by atoms with Crippen LogP contribution < -0.4 is 0 Å². The predicted octanol–water partition coefficient (Wildman–Crippen LogP) is 13.5. The zero-order chi connectivity index (χ0) is 28.3. The second-order valence-corrected chi connectivity index (χ2v) is 12.4. The van der Waals surface area contributed by atoms with Gasteiger partial charge >= 0.3 is 5.97 Å². The minimum Gasteiger partial charge on any atom is -0.481 e. The lowest BCUT2D eigenvalue weighted by Gasteiger charge is -2.04. The minimum atomic E-state index is -0.649. The Morgan fingerprint density at radius 3 is 0.872 bits per heavy atom. The molecule has 0 aliphatic carbocycles. The molecule has 2 heteroatoms. The van der Waals surface area contributed by atoms with E-state index < -0.39 is 5.97 Å². The number of allylic oxidation sites excluding steroid dienone is 2. The molecule has 232 valence electrons. The second-order valence-electron chi connectivity index (χ2n) is 12.4. The average Bonchev–Trinajstić information content (AvgIpc) is 2.93. The molecule has 0 fully saturated rings. The molecule has 39 heavy (non-hydrogen) atoms. The molecular formula is C37H72O2. The number of rotatable bonds is 34. The van der Waals surface area contributed by atoms with E-state index in [-0.39, 0.29) is 0 Å². The summed E-state index contributed by atoms with van der Waals surface area (Å²) in [7, 11) is 0. The fraction of sp³-hybridized carbons (Fsp3) is 0.919. The number of aliphatic carboxylic acids is 1. The Labute approximate surface area is 246 Å². The Bertz CT molecular complexity index is 484. The molecule has 0 radical (unpaired) electrons. The number of hydrogen-bond acceptors (Lipinski definition) is 1. The highest BCUT2D eigenvalue weighted by molar-refractivity contribution is 5.66. The molecule has 0 unspecified atom stereocenters. The van der Waals surface area contributed by atoms with Gasteiger partial charge in [-0.05, 0) is 32.1 Å².